The van der Waals surface area contributed by atoms with Crippen LogP contribution in [0, 0.1) is 0 Å². The van der Waals surface area contributed by atoms with Crippen molar-refractivity contribution in [2.75, 3.05) is 4.31 Å². The van der Waals surface area contributed by atoms with Crippen LogP contribution in [0.4, 0.5) is 5.69 Å². The lowest BCUT2D eigenvalue weighted by molar-refractivity contribution is -0.118. The van der Waals surface area contributed by atoms with Gasteiger partial charge in [-0.05, 0) is 34.7 Å². The fraction of sp³-hybridized carbons (Fsp3) is 0.316. The number of sulfonamides is 1. The smallest absolute Gasteiger partial charge is 0.265 e. The molecule has 1 heterocycles. The number of fused-ring (bicyclic) bond motifs is 1. The molecule has 0 saturated heterocycles. The Hall–Kier alpha value is -2.34. The third-order valence-corrected chi connectivity index (χ3v) is 6.37. The molecule has 0 bridgehead atoms. The van der Waals surface area contributed by atoms with Gasteiger partial charge >= 0.3 is 0 Å². The number of nitrogens with two attached hydrogens (primary N) is 1. The van der Waals surface area contributed by atoms with Gasteiger partial charge in [0.05, 0.1) is 10.6 Å². The van der Waals surface area contributed by atoms with Crippen molar-refractivity contribution in [3.05, 3.63) is 59.7 Å². The number of para-hydroxylation sites is 1. The Balaban J connectivity index is 2.08. The number of nitrogens with zero attached hydrogens (tertiary/aromatic N) is 1. The SMILES string of the molecule is CC(C)(C)c1ccc(S(=O)(=O)N2c3ccccc3C[C@H]2C(N)=O)cc1. The molecule has 1 amide bonds. The normalized spacial score (nSPS) is 17.4. The van der Waals surface area contributed by atoms with Crippen LogP contribution in [0.5, 0.6) is 0 Å². The monoisotopic (exact) mass is 358 g/mol. The Morgan fingerprint density at radius 3 is 2.24 bits per heavy atom. The standard InChI is InChI=1S/C19H22N2O3S/c1-19(2,3)14-8-10-15(11-9-14)25(23,24)21-16-7-5-4-6-13(16)12-17(21)18(20)22/h4-11,17H,12H2,1-3H3,(H2,20,22)/t17-/m0/s1. The third kappa shape index (κ3) is 3.02. The second-order valence-electron chi connectivity index (χ2n) is 7.33. The molecule has 0 spiro atoms. The lowest BCUT2D eigenvalue weighted by atomic mass is 9.87. The summed E-state index contributed by atoms with van der Waals surface area (Å²) in [6, 6.07) is 13.0. The molecule has 2 aromatic carbocycles. The van der Waals surface area contributed by atoms with E-state index < -0.39 is 22.0 Å². The van der Waals surface area contributed by atoms with Crippen molar-refractivity contribution in [2.45, 2.75) is 43.5 Å². The molecule has 6 heteroatoms. The number of hydrogen-bond acceptors (Lipinski definition) is 3. The lowest BCUT2D eigenvalue weighted by Gasteiger charge is -2.25. The zero-order valence-corrected chi connectivity index (χ0v) is 15.4. The average Bonchev–Trinajstić information content (AvgIpc) is 2.94. The zero-order chi connectivity index (χ0) is 18.4. The van der Waals surface area contributed by atoms with Gasteiger partial charge < -0.3 is 5.73 Å². The minimum atomic E-state index is -3.88. The van der Waals surface area contributed by atoms with Gasteiger partial charge in [-0.15, -0.1) is 0 Å². The Morgan fingerprint density at radius 2 is 1.68 bits per heavy atom. The number of benzene rings is 2. The van der Waals surface area contributed by atoms with Gasteiger partial charge in [0.25, 0.3) is 10.0 Å². The number of carbonyl (C=O) groups excluding carboxylic acids is 1. The van der Waals surface area contributed by atoms with Crippen molar-refractivity contribution < 1.29 is 13.2 Å². The van der Waals surface area contributed by atoms with E-state index >= 15 is 0 Å². The predicted octanol–water partition coefficient (Wildman–Crippen LogP) is 2.59. The minimum absolute atomic E-state index is 0.0711. The number of hydrogen-bond donors (Lipinski definition) is 1. The Kier molecular flexibility index (Phi) is 4.11. The summed E-state index contributed by atoms with van der Waals surface area (Å²) in [6.45, 7) is 6.20. The van der Waals surface area contributed by atoms with E-state index in [-0.39, 0.29) is 10.3 Å². The minimum Gasteiger partial charge on any atom is -0.368 e. The number of carbonyl (C=O) groups is 1. The molecule has 2 N–H and O–H groups in total. The fourth-order valence-corrected chi connectivity index (χ4v) is 4.77. The zero-order valence-electron chi connectivity index (χ0n) is 14.6. The molecule has 0 unspecified atom stereocenters. The third-order valence-electron chi connectivity index (χ3n) is 4.53. The quantitative estimate of drug-likeness (QED) is 0.916. The van der Waals surface area contributed by atoms with E-state index in [4.69, 9.17) is 5.73 Å². The van der Waals surface area contributed by atoms with Gasteiger partial charge in [-0.25, -0.2) is 8.42 Å². The van der Waals surface area contributed by atoms with Gasteiger partial charge in [-0.2, -0.15) is 0 Å². The largest absolute Gasteiger partial charge is 0.368 e. The lowest BCUT2D eigenvalue weighted by Crippen LogP contribution is -2.45. The van der Waals surface area contributed by atoms with Gasteiger partial charge in [0.2, 0.25) is 5.91 Å². The molecule has 5 nitrogen and oxygen atoms in total. The molecule has 0 aliphatic carbocycles. The van der Waals surface area contributed by atoms with Crippen molar-refractivity contribution in [2.24, 2.45) is 5.73 Å². The van der Waals surface area contributed by atoms with Crippen molar-refractivity contribution in [3.63, 3.8) is 0 Å². The maximum Gasteiger partial charge on any atom is 0.265 e. The second kappa shape index (κ2) is 5.88. The summed E-state index contributed by atoms with van der Waals surface area (Å²) in [5.74, 6) is -0.647. The Labute approximate surface area is 148 Å². The number of rotatable bonds is 3. The van der Waals surface area contributed by atoms with Crippen LogP contribution in [0.25, 0.3) is 0 Å². The fourth-order valence-electron chi connectivity index (χ4n) is 3.11. The Bertz CT molecular complexity index is 912. The van der Waals surface area contributed by atoms with Crippen LogP contribution in [0.3, 0.4) is 0 Å². The van der Waals surface area contributed by atoms with Crippen LogP contribution in [0.2, 0.25) is 0 Å². The van der Waals surface area contributed by atoms with E-state index in [1.165, 1.54) is 0 Å². The molecule has 0 aromatic heterocycles. The first kappa shape index (κ1) is 17.5. The topological polar surface area (TPSA) is 80.5 Å². The molecule has 0 saturated carbocycles. The molecular weight excluding hydrogens is 336 g/mol. The van der Waals surface area contributed by atoms with Crippen molar-refractivity contribution in [3.8, 4) is 0 Å². The molecule has 1 atom stereocenters. The van der Waals surface area contributed by atoms with Crippen LogP contribution >= 0.6 is 0 Å². The predicted molar refractivity (Wildman–Crippen MR) is 97.9 cm³/mol. The average molecular weight is 358 g/mol. The first-order valence-electron chi connectivity index (χ1n) is 8.14. The molecule has 3 rings (SSSR count). The summed E-state index contributed by atoms with van der Waals surface area (Å²) in [4.78, 5) is 12.0. The van der Waals surface area contributed by atoms with E-state index in [0.717, 1.165) is 15.4 Å². The summed E-state index contributed by atoms with van der Waals surface area (Å²) in [5, 5.41) is 0. The number of amides is 1. The van der Waals surface area contributed by atoms with Crippen LogP contribution in [-0.2, 0) is 26.7 Å². The summed E-state index contributed by atoms with van der Waals surface area (Å²) in [6.07, 6.45) is 0.296. The van der Waals surface area contributed by atoms with E-state index in [9.17, 15) is 13.2 Å². The number of primary amides is 1. The van der Waals surface area contributed by atoms with Gasteiger partial charge in [-0.3, -0.25) is 9.10 Å². The Morgan fingerprint density at radius 1 is 1.08 bits per heavy atom. The van der Waals surface area contributed by atoms with Crippen molar-refractivity contribution in [1.82, 2.24) is 0 Å². The van der Waals surface area contributed by atoms with Crippen molar-refractivity contribution in [1.29, 1.82) is 0 Å². The summed E-state index contributed by atoms with van der Waals surface area (Å²) < 4.78 is 27.5. The molecular formula is C19H22N2O3S. The van der Waals surface area contributed by atoms with E-state index in [1.54, 1.807) is 24.3 Å². The van der Waals surface area contributed by atoms with Crippen LogP contribution < -0.4 is 10.0 Å². The van der Waals surface area contributed by atoms with Gasteiger partial charge in [0.15, 0.2) is 0 Å². The highest BCUT2D eigenvalue weighted by Gasteiger charge is 2.41. The highest BCUT2D eigenvalue weighted by molar-refractivity contribution is 7.93. The first-order chi connectivity index (χ1) is 11.6. The number of anilines is 1. The molecule has 1 aliphatic heterocycles. The maximum atomic E-state index is 13.2. The molecule has 2 aromatic rings. The first-order valence-corrected chi connectivity index (χ1v) is 9.58. The van der Waals surface area contributed by atoms with Gasteiger partial charge in [0.1, 0.15) is 6.04 Å². The summed E-state index contributed by atoms with van der Waals surface area (Å²) in [5.41, 5.74) is 7.78. The second-order valence-corrected chi connectivity index (χ2v) is 9.14. The molecule has 25 heavy (non-hydrogen) atoms. The van der Waals surface area contributed by atoms with Crippen LogP contribution in [0.1, 0.15) is 31.9 Å². The van der Waals surface area contributed by atoms with Gasteiger partial charge in [-0.1, -0.05) is 51.1 Å². The summed E-state index contributed by atoms with van der Waals surface area (Å²) >= 11 is 0. The maximum absolute atomic E-state index is 13.2. The van der Waals surface area contributed by atoms with Gasteiger partial charge in [0, 0.05) is 6.42 Å². The van der Waals surface area contributed by atoms with Crippen LogP contribution in [0.15, 0.2) is 53.4 Å². The van der Waals surface area contributed by atoms with E-state index in [0.29, 0.717) is 12.1 Å². The highest BCUT2D eigenvalue weighted by Crippen LogP contribution is 2.37. The molecule has 1 aliphatic rings. The summed E-state index contributed by atoms with van der Waals surface area (Å²) in [7, 11) is -3.88. The van der Waals surface area contributed by atoms with E-state index in [1.807, 2.05) is 24.3 Å². The molecule has 0 radical (unpaired) electrons. The molecule has 0 fully saturated rings. The van der Waals surface area contributed by atoms with Crippen molar-refractivity contribution >= 4 is 21.6 Å². The molecule has 132 valence electrons. The van der Waals surface area contributed by atoms with E-state index in [2.05, 4.69) is 20.8 Å². The van der Waals surface area contributed by atoms with Crippen LogP contribution in [-0.4, -0.2) is 20.4 Å². The highest BCUT2D eigenvalue weighted by atomic mass is 32.2.